The van der Waals surface area contributed by atoms with E-state index in [1.54, 1.807) is 0 Å². The van der Waals surface area contributed by atoms with Crippen LogP contribution in [-0.4, -0.2) is 11.6 Å². The van der Waals surface area contributed by atoms with Gasteiger partial charge in [0.25, 0.3) is 0 Å². The third-order valence-corrected chi connectivity index (χ3v) is 6.23. The van der Waals surface area contributed by atoms with E-state index in [0.717, 1.165) is 41.5 Å². The van der Waals surface area contributed by atoms with Crippen molar-refractivity contribution in [2.75, 3.05) is 0 Å². The summed E-state index contributed by atoms with van der Waals surface area (Å²) in [5.74, 6) is 0.387. The van der Waals surface area contributed by atoms with E-state index < -0.39 is 0 Å². The van der Waals surface area contributed by atoms with Crippen molar-refractivity contribution in [2.45, 2.75) is 60.8 Å². The minimum atomic E-state index is -0.339. The molecule has 2 aromatic rings. The van der Waals surface area contributed by atoms with Gasteiger partial charge in [-0.05, 0) is 30.4 Å². The van der Waals surface area contributed by atoms with E-state index in [1.165, 1.54) is 0 Å². The van der Waals surface area contributed by atoms with Crippen molar-refractivity contribution in [3.8, 4) is 11.1 Å². The topological polar surface area (TPSA) is 34.1 Å². The maximum Gasteiger partial charge on any atom is 0.168 e. The van der Waals surface area contributed by atoms with Gasteiger partial charge in [-0.3, -0.25) is 9.59 Å². The largest absolute Gasteiger partial charge is 0.294 e. The van der Waals surface area contributed by atoms with Gasteiger partial charge in [-0.1, -0.05) is 90.1 Å². The molecule has 0 aliphatic rings. The Labute approximate surface area is 164 Å². The van der Waals surface area contributed by atoms with Gasteiger partial charge in [0.1, 0.15) is 0 Å². The molecule has 2 nitrogen and oxygen atoms in total. The maximum absolute atomic E-state index is 12.8. The number of ketones is 2. The summed E-state index contributed by atoms with van der Waals surface area (Å²) >= 11 is 0. The van der Waals surface area contributed by atoms with Crippen LogP contribution in [0.1, 0.15) is 81.5 Å². The smallest absolute Gasteiger partial charge is 0.168 e. The molecular formula is C25H32O2. The molecule has 0 atom stereocenters. The fourth-order valence-corrected chi connectivity index (χ4v) is 3.10. The number of hydrogen-bond donors (Lipinski definition) is 0. The van der Waals surface area contributed by atoms with Crippen LogP contribution in [0.3, 0.4) is 0 Å². The summed E-state index contributed by atoms with van der Waals surface area (Å²) in [6, 6.07) is 15.6. The fourth-order valence-electron chi connectivity index (χ4n) is 3.10. The molecule has 144 valence electrons. The van der Waals surface area contributed by atoms with Crippen molar-refractivity contribution in [1.29, 1.82) is 0 Å². The summed E-state index contributed by atoms with van der Waals surface area (Å²) in [5.41, 5.74) is 2.98. The highest BCUT2D eigenvalue weighted by atomic mass is 16.1. The highest BCUT2D eigenvalue weighted by Gasteiger charge is 2.30. The molecule has 0 saturated carbocycles. The molecule has 2 rings (SSSR count). The monoisotopic (exact) mass is 364 g/mol. The Balaban J connectivity index is 2.23. The first-order valence-electron chi connectivity index (χ1n) is 9.98. The molecule has 0 N–H and O–H groups in total. The van der Waals surface area contributed by atoms with Gasteiger partial charge < -0.3 is 0 Å². The third kappa shape index (κ3) is 4.37. The molecule has 2 aromatic carbocycles. The molecular weight excluding hydrogens is 332 g/mol. The number of carbonyl (C=O) groups excluding carboxylic acids is 2. The van der Waals surface area contributed by atoms with Crippen molar-refractivity contribution < 1.29 is 9.59 Å². The van der Waals surface area contributed by atoms with Crippen LogP contribution in [0.15, 0.2) is 48.5 Å². The number of benzene rings is 2. The van der Waals surface area contributed by atoms with Crippen LogP contribution in [0, 0.1) is 10.8 Å². The standard InChI is InChI=1S/C25H32O2/c1-7-24(4,5)22(26)20-14-10-18(11-15-20)19-12-16-21(17-13-19)23(27)25(6,8-2)9-3/h10-17H,7-9H2,1-6H3. The van der Waals surface area contributed by atoms with Crippen molar-refractivity contribution >= 4 is 11.6 Å². The van der Waals surface area contributed by atoms with Crippen LogP contribution >= 0.6 is 0 Å². The van der Waals surface area contributed by atoms with Gasteiger partial charge in [-0.25, -0.2) is 0 Å². The Morgan fingerprint density at radius 2 is 1.00 bits per heavy atom. The van der Waals surface area contributed by atoms with Gasteiger partial charge in [0.05, 0.1) is 0 Å². The Kier molecular flexibility index (Phi) is 6.41. The summed E-state index contributed by atoms with van der Waals surface area (Å²) in [6.45, 7) is 12.2. The average Bonchev–Trinajstić information content (AvgIpc) is 2.72. The highest BCUT2D eigenvalue weighted by Crippen LogP contribution is 2.31. The molecule has 0 heterocycles. The molecule has 2 heteroatoms. The van der Waals surface area contributed by atoms with Gasteiger partial charge in [-0.15, -0.1) is 0 Å². The molecule has 0 amide bonds. The van der Waals surface area contributed by atoms with Crippen LogP contribution in [0.4, 0.5) is 0 Å². The van der Waals surface area contributed by atoms with Crippen LogP contribution < -0.4 is 0 Å². The summed E-state index contributed by atoms with van der Waals surface area (Å²) in [4.78, 5) is 25.4. The first kappa shape index (κ1) is 21.1. The number of carbonyl (C=O) groups is 2. The lowest BCUT2D eigenvalue weighted by Crippen LogP contribution is -2.26. The molecule has 0 radical (unpaired) electrons. The van der Waals surface area contributed by atoms with E-state index in [4.69, 9.17) is 0 Å². The number of hydrogen-bond acceptors (Lipinski definition) is 2. The van der Waals surface area contributed by atoms with E-state index in [-0.39, 0.29) is 22.4 Å². The average molecular weight is 365 g/mol. The number of Topliss-reactive ketones (excluding diaryl/α,β-unsaturated/α-hetero) is 2. The Morgan fingerprint density at radius 3 is 1.33 bits per heavy atom. The molecule has 0 unspecified atom stereocenters. The second-order valence-corrected chi connectivity index (χ2v) is 8.32. The normalized spacial score (nSPS) is 12.1. The molecule has 0 fully saturated rings. The SMILES string of the molecule is CCC(C)(C)C(=O)c1ccc(-c2ccc(C(=O)C(C)(CC)CC)cc2)cc1. The zero-order chi connectivity index (χ0) is 20.2. The molecule has 0 aliphatic carbocycles. The van der Waals surface area contributed by atoms with E-state index in [9.17, 15) is 9.59 Å². The summed E-state index contributed by atoms with van der Waals surface area (Å²) in [6.07, 6.45) is 2.50. The quantitative estimate of drug-likeness (QED) is 0.473. The van der Waals surface area contributed by atoms with Crippen molar-refractivity contribution in [2.24, 2.45) is 10.8 Å². The van der Waals surface area contributed by atoms with Crippen molar-refractivity contribution in [1.82, 2.24) is 0 Å². The second-order valence-electron chi connectivity index (χ2n) is 8.32. The van der Waals surface area contributed by atoms with Gasteiger partial charge >= 0.3 is 0 Å². The molecule has 27 heavy (non-hydrogen) atoms. The Hall–Kier alpha value is -2.22. The zero-order valence-corrected chi connectivity index (χ0v) is 17.6. The summed E-state index contributed by atoms with van der Waals surface area (Å²) < 4.78 is 0. The molecule has 0 spiro atoms. The first-order chi connectivity index (χ1) is 12.7. The minimum Gasteiger partial charge on any atom is -0.294 e. The Bertz CT molecular complexity index is 791. The van der Waals surface area contributed by atoms with E-state index in [2.05, 4.69) is 13.8 Å². The molecule has 0 aliphatic heterocycles. The van der Waals surface area contributed by atoms with Crippen LogP contribution in [0.2, 0.25) is 0 Å². The fraction of sp³-hybridized carbons (Fsp3) is 0.440. The van der Waals surface area contributed by atoms with Crippen LogP contribution in [0.25, 0.3) is 11.1 Å². The van der Waals surface area contributed by atoms with Crippen LogP contribution in [0.5, 0.6) is 0 Å². The second kappa shape index (κ2) is 8.21. The highest BCUT2D eigenvalue weighted by molar-refractivity contribution is 6.01. The van der Waals surface area contributed by atoms with E-state index in [0.29, 0.717) is 0 Å². The van der Waals surface area contributed by atoms with E-state index in [1.807, 2.05) is 76.2 Å². The lowest BCUT2D eigenvalue weighted by molar-refractivity contribution is 0.0801. The first-order valence-corrected chi connectivity index (χ1v) is 9.98. The molecule has 0 bridgehead atoms. The summed E-state index contributed by atoms with van der Waals surface area (Å²) in [5, 5.41) is 0. The predicted molar refractivity (Wildman–Crippen MR) is 113 cm³/mol. The zero-order valence-electron chi connectivity index (χ0n) is 17.6. The number of rotatable bonds is 8. The van der Waals surface area contributed by atoms with Gasteiger partial charge in [0, 0.05) is 22.0 Å². The summed E-state index contributed by atoms with van der Waals surface area (Å²) in [7, 11) is 0. The lowest BCUT2D eigenvalue weighted by atomic mass is 9.77. The van der Waals surface area contributed by atoms with Gasteiger partial charge in [0.2, 0.25) is 0 Å². The molecule has 0 aromatic heterocycles. The van der Waals surface area contributed by atoms with Crippen molar-refractivity contribution in [3.05, 3.63) is 59.7 Å². The molecule has 0 saturated heterocycles. The van der Waals surface area contributed by atoms with Crippen LogP contribution in [-0.2, 0) is 0 Å². The van der Waals surface area contributed by atoms with Crippen molar-refractivity contribution in [3.63, 3.8) is 0 Å². The van der Waals surface area contributed by atoms with Gasteiger partial charge in [0.15, 0.2) is 11.6 Å². The predicted octanol–water partition coefficient (Wildman–Crippen LogP) is 6.98. The Morgan fingerprint density at radius 1 is 0.630 bits per heavy atom. The van der Waals surface area contributed by atoms with E-state index >= 15 is 0 Å². The third-order valence-electron chi connectivity index (χ3n) is 6.23. The lowest BCUT2D eigenvalue weighted by Gasteiger charge is -2.25. The maximum atomic E-state index is 12.8. The van der Waals surface area contributed by atoms with Gasteiger partial charge in [-0.2, -0.15) is 0 Å². The minimum absolute atomic E-state index is 0.177.